The van der Waals surface area contributed by atoms with Crippen molar-refractivity contribution in [1.82, 2.24) is 14.5 Å². The number of hydrogen-bond acceptors (Lipinski definition) is 3. The van der Waals surface area contributed by atoms with Crippen LogP contribution in [-0.2, 0) is 4.57 Å². The molecule has 2 atom stereocenters. The highest BCUT2D eigenvalue weighted by molar-refractivity contribution is 7.70. The zero-order chi connectivity index (χ0) is 27.3. The molecule has 0 unspecified atom stereocenters. The lowest BCUT2D eigenvalue weighted by Crippen LogP contribution is -2.30. The van der Waals surface area contributed by atoms with Gasteiger partial charge in [0.05, 0.1) is 23.1 Å². The van der Waals surface area contributed by atoms with Crippen molar-refractivity contribution in [2.75, 3.05) is 20.3 Å². The normalized spacial score (nSPS) is 20.8. The Labute approximate surface area is 203 Å². The van der Waals surface area contributed by atoms with Crippen molar-refractivity contribution >= 4 is 29.4 Å². The molecule has 0 radical (unpaired) electrons. The molecule has 0 saturated heterocycles. The number of hydrogen-bond donors (Lipinski definition) is 0. The number of rotatable bonds is 2. The fraction of sp³-hybridized carbons (Fsp3) is 0.231. The summed E-state index contributed by atoms with van der Waals surface area (Å²) in [5.74, 6) is -3.61. The van der Waals surface area contributed by atoms with E-state index in [2.05, 4.69) is 4.98 Å². The summed E-state index contributed by atoms with van der Waals surface area (Å²) in [7, 11) is -2.82. The van der Waals surface area contributed by atoms with Crippen LogP contribution in [0.25, 0.3) is 22.2 Å². The Kier molecular flexibility index (Phi) is 3.94. The van der Waals surface area contributed by atoms with Crippen LogP contribution in [0.1, 0.15) is 44.4 Å². The van der Waals surface area contributed by atoms with E-state index in [0.29, 0.717) is 22.2 Å². The molecule has 0 aliphatic carbocycles. The van der Waals surface area contributed by atoms with E-state index in [1.807, 2.05) is 0 Å². The Morgan fingerprint density at radius 1 is 1.00 bits per heavy atom. The molecule has 2 bridgehead atoms. The molecule has 0 saturated carbocycles. The molecule has 178 valence electrons. The maximum Gasteiger partial charge on any atom is 0.254 e. The second-order valence-corrected chi connectivity index (χ2v) is 12.5. The van der Waals surface area contributed by atoms with Crippen molar-refractivity contribution < 1.29 is 26.6 Å². The van der Waals surface area contributed by atoms with E-state index in [9.17, 15) is 18.1 Å². The fourth-order valence-corrected chi connectivity index (χ4v) is 6.23. The third-order valence-corrected chi connectivity index (χ3v) is 8.38. The molecule has 1 amide bonds. The minimum Gasteiger partial charge on any atom is -0.331 e. The smallest absolute Gasteiger partial charge is 0.254 e. The molecule has 3 heterocycles. The van der Waals surface area contributed by atoms with Crippen molar-refractivity contribution in [3.63, 3.8) is 0 Å². The molecule has 4 aromatic rings. The third kappa shape index (κ3) is 3.12. The molecule has 0 fully saturated rings. The monoisotopic (exact) mass is 498 g/mol. The zero-order valence-electron chi connectivity index (χ0n) is 21.7. The Balaban J connectivity index is 1.58. The van der Waals surface area contributed by atoms with Gasteiger partial charge in [0.25, 0.3) is 5.91 Å². The van der Waals surface area contributed by atoms with Gasteiger partial charge >= 0.3 is 0 Å². The van der Waals surface area contributed by atoms with Gasteiger partial charge in [0, 0.05) is 33.9 Å². The van der Waals surface area contributed by atoms with E-state index in [0.717, 1.165) is 17.0 Å². The van der Waals surface area contributed by atoms with Gasteiger partial charge in [-0.2, -0.15) is 0 Å². The quantitative estimate of drug-likeness (QED) is 0.344. The van der Waals surface area contributed by atoms with E-state index in [1.54, 1.807) is 28.8 Å². The average Bonchev–Trinajstić information content (AvgIpc) is 3.32. The van der Waals surface area contributed by atoms with Gasteiger partial charge in [-0.05, 0) is 60.9 Å². The van der Waals surface area contributed by atoms with Crippen molar-refractivity contribution in [3.05, 3.63) is 82.9 Å². The summed E-state index contributed by atoms with van der Waals surface area (Å²) in [5, 5.41) is 0.140. The lowest BCUT2D eigenvalue weighted by molar-refractivity contribution is 0.0734. The van der Waals surface area contributed by atoms with Gasteiger partial charge in [-0.1, -0.05) is 12.1 Å². The topological polar surface area (TPSA) is 55.2 Å². The zero-order valence-corrected chi connectivity index (χ0v) is 19.6. The lowest BCUT2D eigenvalue weighted by atomic mass is 9.97. The van der Waals surface area contributed by atoms with Gasteiger partial charge < -0.3 is 14.0 Å². The predicted octanol–water partition coefficient (Wildman–Crippen LogP) is 5.49. The molecule has 0 N–H and O–H groups in total. The number of fused-ring (bicyclic) bond motifs is 9. The Morgan fingerprint density at radius 3 is 2.46 bits per heavy atom. The van der Waals surface area contributed by atoms with Gasteiger partial charge in [-0.3, -0.25) is 4.79 Å². The minimum absolute atomic E-state index is 0.00557. The van der Waals surface area contributed by atoms with Crippen LogP contribution in [0.5, 0.6) is 0 Å². The predicted molar refractivity (Wildman–Crippen MR) is 128 cm³/mol. The Morgan fingerprint density at radius 2 is 1.74 bits per heavy atom. The van der Waals surface area contributed by atoms with Gasteiger partial charge in [0.2, 0.25) is 0 Å². The second-order valence-electron chi connectivity index (χ2n) is 9.33. The number of halogens is 3. The number of nitrogens with zero attached hydrogens (tertiary/aromatic N) is 3. The molecule has 35 heavy (non-hydrogen) atoms. The first-order valence-corrected chi connectivity index (χ1v) is 13.6. The summed E-state index contributed by atoms with van der Waals surface area (Å²) in [6.07, 6.45) is 0.00557. The maximum atomic E-state index is 15.3. The van der Waals surface area contributed by atoms with Crippen LogP contribution in [0.2, 0.25) is 0 Å². The van der Waals surface area contributed by atoms with Gasteiger partial charge in [0.15, 0.2) is 11.6 Å². The molecule has 3 aromatic carbocycles. The molecule has 9 heteroatoms. The van der Waals surface area contributed by atoms with Crippen LogP contribution < -0.4 is 5.30 Å². The van der Waals surface area contributed by atoms with Crippen molar-refractivity contribution in [1.29, 1.82) is 0 Å². The van der Waals surface area contributed by atoms with Crippen LogP contribution in [0.15, 0.2) is 48.5 Å². The molecule has 6 rings (SSSR count). The number of imidazole rings is 1. The Hall–Kier alpha value is -3.38. The molecule has 2 aliphatic heterocycles. The maximum absolute atomic E-state index is 15.3. The van der Waals surface area contributed by atoms with E-state index in [4.69, 9.17) is 4.11 Å². The van der Waals surface area contributed by atoms with Crippen LogP contribution in [0.4, 0.5) is 13.2 Å². The molecule has 0 spiro atoms. The van der Waals surface area contributed by atoms with Crippen molar-refractivity contribution in [2.45, 2.75) is 18.5 Å². The lowest BCUT2D eigenvalue weighted by Gasteiger charge is -2.24. The van der Waals surface area contributed by atoms with Gasteiger partial charge in [-0.25, -0.2) is 18.2 Å². The average molecular weight is 498 g/mol. The highest BCUT2D eigenvalue weighted by Crippen LogP contribution is 2.48. The number of benzene rings is 3. The molecule has 1 aromatic heterocycles. The van der Waals surface area contributed by atoms with Crippen molar-refractivity contribution in [2.24, 2.45) is 0 Å². The van der Waals surface area contributed by atoms with E-state index >= 15 is 4.39 Å². The number of carbonyl (C=O) groups excluding carboxylic acids is 1. The van der Waals surface area contributed by atoms with Crippen LogP contribution >= 0.6 is 7.14 Å². The first-order valence-electron chi connectivity index (χ1n) is 12.5. The van der Waals surface area contributed by atoms with Crippen LogP contribution in [0, 0.1) is 17.5 Å². The first-order chi connectivity index (χ1) is 17.8. The molecule has 2 aliphatic rings. The van der Waals surface area contributed by atoms with Gasteiger partial charge in [0.1, 0.15) is 18.8 Å². The number of aromatic nitrogens is 2. The number of amides is 1. The summed E-state index contributed by atoms with van der Waals surface area (Å²) < 4.78 is 82.6. The first kappa shape index (κ1) is 18.9. The molecular weight excluding hydrogens is 474 g/mol. The van der Waals surface area contributed by atoms with Crippen LogP contribution in [0.3, 0.4) is 0 Å². The summed E-state index contributed by atoms with van der Waals surface area (Å²) in [6, 6.07) is 9.58. The largest absolute Gasteiger partial charge is 0.331 e. The Bertz CT molecular complexity index is 1730. The van der Waals surface area contributed by atoms with Crippen molar-refractivity contribution in [3.8, 4) is 11.1 Å². The molecular formula is C26H21F3N3O2P. The van der Waals surface area contributed by atoms with E-state index < -0.39 is 49.6 Å². The van der Waals surface area contributed by atoms with Gasteiger partial charge in [-0.15, -0.1) is 0 Å². The van der Waals surface area contributed by atoms with E-state index in [-0.39, 0.29) is 28.7 Å². The molecule has 5 nitrogen and oxygen atoms in total. The summed E-state index contributed by atoms with van der Waals surface area (Å²) in [5.41, 5.74) is 1.63. The van der Waals surface area contributed by atoms with Crippen LogP contribution in [-0.4, -0.2) is 40.7 Å². The highest BCUT2D eigenvalue weighted by atomic mass is 31.2. The summed E-state index contributed by atoms with van der Waals surface area (Å²) in [6.45, 7) is 0.120. The highest BCUT2D eigenvalue weighted by Gasteiger charge is 2.45. The summed E-state index contributed by atoms with van der Waals surface area (Å²) >= 11 is 0. The minimum atomic E-state index is -2.85. The fourth-order valence-electron chi connectivity index (χ4n) is 5.22. The third-order valence-electron chi connectivity index (χ3n) is 6.86. The summed E-state index contributed by atoms with van der Waals surface area (Å²) in [4.78, 5) is 18.6. The SMILES string of the molecule is [2H]C([2H])([2H])N1C(=O)c2ccc(F)c(F)c2[C@H]2C[C@@H]1c1nc3ccc(-c4ccc(P(C)(C)=O)c(F)c4)cc3n12. The van der Waals surface area contributed by atoms with E-state index in [1.165, 1.54) is 25.5 Å². The standard InChI is InChI=1S/C26H21F3N3O2P/c1-31-21-12-20(23-15(26(31)33)6-7-16(27)24(23)29)32-19-11-14(4-8-18(19)30-25(21)32)13-5-9-22(17(28)10-13)35(2,3)34/h4-11,20-21H,12H2,1-3H3/t20-,21-/m1/s1/i1D3. The second kappa shape index (κ2) is 7.31. The number of carbonyl (C=O) groups is 1.